The molecule has 3 atom stereocenters. The van der Waals surface area contributed by atoms with E-state index in [-0.39, 0.29) is 11.9 Å². The molecule has 0 N–H and O–H groups in total. The third-order valence-corrected chi connectivity index (χ3v) is 5.18. The molecule has 0 unspecified atom stereocenters. The van der Waals surface area contributed by atoms with Gasteiger partial charge < -0.3 is 4.90 Å². The number of likely N-dealkylation sites (N-methyl/N-ethyl adjacent to an activating group) is 1. The fraction of sp³-hybridized carbons (Fsp3) is 0.733. The molecule has 5 heteroatoms. The van der Waals surface area contributed by atoms with E-state index < -0.39 is 0 Å². The lowest BCUT2D eigenvalue weighted by atomic mass is 10.2. The van der Waals surface area contributed by atoms with Crippen molar-refractivity contribution in [1.29, 1.82) is 0 Å². The average molecular weight is 295 g/mol. The van der Waals surface area contributed by atoms with Crippen molar-refractivity contribution in [2.24, 2.45) is 0 Å². The molecule has 1 amide bonds. The summed E-state index contributed by atoms with van der Waals surface area (Å²) >= 11 is 1.65. The summed E-state index contributed by atoms with van der Waals surface area (Å²) in [5.74, 6) is 0.224. The minimum Gasteiger partial charge on any atom is -0.344 e. The molecular weight excluding hydrogens is 270 g/mol. The average Bonchev–Trinajstić information content (AvgIpc) is 3.05. The zero-order valence-corrected chi connectivity index (χ0v) is 13.7. The topological polar surface area (TPSA) is 36.4 Å². The Hall–Kier alpha value is -0.940. The summed E-state index contributed by atoms with van der Waals surface area (Å²) < 4.78 is 0. The summed E-state index contributed by atoms with van der Waals surface area (Å²) in [7, 11) is 1.90. The number of thiazole rings is 1. The largest absolute Gasteiger partial charge is 0.344 e. The fourth-order valence-corrected chi connectivity index (χ4v) is 3.78. The number of aromatic nitrogens is 1. The molecule has 4 nitrogen and oxygen atoms in total. The molecule has 20 heavy (non-hydrogen) atoms. The number of likely N-dealkylation sites (tertiary alicyclic amines) is 1. The van der Waals surface area contributed by atoms with Crippen LogP contribution < -0.4 is 0 Å². The van der Waals surface area contributed by atoms with Crippen LogP contribution in [0, 0.1) is 0 Å². The Kier molecular flexibility index (Phi) is 5.16. The van der Waals surface area contributed by atoms with Crippen LogP contribution in [0.1, 0.15) is 38.6 Å². The second kappa shape index (κ2) is 6.68. The summed E-state index contributed by atoms with van der Waals surface area (Å²) in [5.41, 5.74) is 0. The van der Waals surface area contributed by atoms with Crippen molar-refractivity contribution in [3.63, 3.8) is 0 Å². The van der Waals surface area contributed by atoms with Crippen LogP contribution in [0.15, 0.2) is 11.6 Å². The van der Waals surface area contributed by atoms with Crippen LogP contribution in [0.2, 0.25) is 0 Å². The summed E-state index contributed by atoms with van der Waals surface area (Å²) in [4.78, 5) is 21.0. The van der Waals surface area contributed by atoms with Gasteiger partial charge in [0.15, 0.2) is 0 Å². The van der Waals surface area contributed by atoms with E-state index in [4.69, 9.17) is 0 Å². The lowest BCUT2D eigenvalue weighted by Gasteiger charge is -2.34. The van der Waals surface area contributed by atoms with Gasteiger partial charge >= 0.3 is 0 Å². The highest BCUT2D eigenvalue weighted by atomic mass is 32.1. The van der Waals surface area contributed by atoms with Gasteiger partial charge in [-0.25, -0.2) is 4.98 Å². The minimum absolute atomic E-state index is 0.0243. The van der Waals surface area contributed by atoms with Crippen molar-refractivity contribution in [2.45, 2.75) is 58.2 Å². The van der Waals surface area contributed by atoms with Gasteiger partial charge in [0.05, 0.1) is 11.0 Å². The normalized spacial score (nSPS) is 24.8. The molecule has 1 aromatic heterocycles. The molecule has 1 aliphatic heterocycles. The van der Waals surface area contributed by atoms with Crippen LogP contribution in [0.25, 0.3) is 0 Å². The third-order valence-electron chi connectivity index (χ3n) is 4.35. The highest BCUT2D eigenvalue weighted by Gasteiger charge is 2.35. The Labute approximate surface area is 125 Å². The molecule has 1 fully saturated rings. The molecule has 1 aliphatic rings. The van der Waals surface area contributed by atoms with E-state index >= 15 is 0 Å². The molecule has 2 heterocycles. The first-order valence-corrected chi connectivity index (χ1v) is 8.29. The highest BCUT2D eigenvalue weighted by molar-refractivity contribution is 7.09. The second-order valence-corrected chi connectivity index (χ2v) is 6.81. The minimum atomic E-state index is -0.0243. The molecule has 0 aromatic carbocycles. The molecule has 0 spiro atoms. The van der Waals surface area contributed by atoms with Crippen molar-refractivity contribution in [1.82, 2.24) is 14.8 Å². The van der Waals surface area contributed by atoms with Gasteiger partial charge in [-0.3, -0.25) is 9.69 Å². The lowest BCUT2D eigenvalue weighted by molar-refractivity contribution is -0.136. The Balaban J connectivity index is 1.89. The van der Waals surface area contributed by atoms with Crippen molar-refractivity contribution < 1.29 is 4.79 Å². The quantitative estimate of drug-likeness (QED) is 0.837. The van der Waals surface area contributed by atoms with Crippen LogP contribution in [0.5, 0.6) is 0 Å². The monoisotopic (exact) mass is 295 g/mol. The predicted octanol–water partition coefficient (Wildman–Crippen LogP) is 2.41. The number of hydrogen-bond acceptors (Lipinski definition) is 4. The molecule has 0 radical (unpaired) electrons. The Morgan fingerprint density at radius 3 is 2.70 bits per heavy atom. The Morgan fingerprint density at radius 1 is 1.50 bits per heavy atom. The van der Waals surface area contributed by atoms with Crippen molar-refractivity contribution in [3.8, 4) is 0 Å². The number of amides is 1. The fourth-order valence-electron chi connectivity index (χ4n) is 3.17. The molecule has 0 aliphatic carbocycles. The SMILES string of the molecule is C[C@@H]1CC[C@H](C)N1[C@H](C)C(=O)N(C)CCc1nccs1. The van der Waals surface area contributed by atoms with Crippen LogP contribution in [0.4, 0.5) is 0 Å². The second-order valence-electron chi connectivity index (χ2n) is 5.83. The van der Waals surface area contributed by atoms with Crippen LogP contribution in [0.3, 0.4) is 0 Å². The molecule has 1 aromatic rings. The molecule has 1 saturated heterocycles. The zero-order valence-electron chi connectivity index (χ0n) is 12.9. The van der Waals surface area contributed by atoms with E-state index in [2.05, 4.69) is 23.7 Å². The van der Waals surface area contributed by atoms with Crippen molar-refractivity contribution in [3.05, 3.63) is 16.6 Å². The number of carbonyl (C=O) groups excluding carboxylic acids is 1. The van der Waals surface area contributed by atoms with E-state index in [1.807, 2.05) is 30.4 Å². The zero-order chi connectivity index (χ0) is 14.7. The smallest absolute Gasteiger partial charge is 0.239 e. The standard InChI is InChI=1S/C15H25N3OS/c1-11-5-6-12(2)18(11)13(3)15(19)17(4)9-7-14-16-8-10-20-14/h8,10-13H,5-7,9H2,1-4H3/t11-,12+,13-/m1/s1. The van der Waals surface area contributed by atoms with Gasteiger partial charge in [0.25, 0.3) is 0 Å². The van der Waals surface area contributed by atoms with Gasteiger partial charge in [0.2, 0.25) is 5.91 Å². The lowest BCUT2D eigenvalue weighted by Crippen LogP contribution is -2.49. The maximum atomic E-state index is 12.5. The van der Waals surface area contributed by atoms with E-state index in [1.165, 1.54) is 12.8 Å². The van der Waals surface area contributed by atoms with Crippen LogP contribution in [-0.2, 0) is 11.2 Å². The van der Waals surface area contributed by atoms with Gasteiger partial charge in [-0.15, -0.1) is 11.3 Å². The molecule has 0 saturated carbocycles. The van der Waals surface area contributed by atoms with Crippen LogP contribution >= 0.6 is 11.3 Å². The van der Waals surface area contributed by atoms with Crippen molar-refractivity contribution in [2.75, 3.05) is 13.6 Å². The third kappa shape index (κ3) is 3.38. The first kappa shape index (κ1) is 15.4. The van der Waals surface area contributed by atoms with E-state index in [0.717, 1.165) is 18.0 Å². The van der Waals surface area contributed by atoms with Crippen LogP contribution in [-0.4, -0.2) is 52.4 Å². The number of carbonyl (C=O) groups is 1. The van der Waals surface area contributed by atoms with E-state index in [0.29, 0.717) is 12.1 Å². The molecule has 2 rings (SSSR count). The van der Waals surface area contributed by atoms with Gasteiger partial charge in [-0.2, -0.15) is 0 Å². The maximum absolute atomic E-state index is 12.5. The number of hydrogen-bond donors (Lipinski definition) is 0. The Morgan fingerprint density at radius 2 is 2.15 bits per heavy atom. The van der Waals surface area contributed by atoms with Gasteiger partial charge in [-0.1, -0.05) is 0 Å². The summed E-state index contributed by atoms with van der Waals surface area (Å²) in [6.07, 6.45) is 5.05. The first-order valence-electron chi connectivity index (χ1n) is 7.41. The summed E-state index contributed by atoms with van der Waals surface area (Å²) in [5, 5.41) is 3.08. The number of rotatable bonds is 5. The number of nitrogens with zero attached hydrogens (tertiary/aromatic N) is 3. The molecule has 112 valence electrons. The van der Waals surface area contributed by atoms with Gasteiger partial charge in [0, 0.05) is 43.7 Å². The van der Waals surface area contributed by atoms with E-state index in [9.17, 15) is 4.79 Å². The van der Waals surface area contributed by atoms with Crippen molar-refractivity contribution >= 4 is 17.2 Å². The highest BCUT2D eigenvalue weighted by Crippen LogP contribution is 2.26. The Bertz CT molecular complexity index is 424. The molecular formula is C15H25N3OS. The first-order chi connectivity index (χ1) is 9.50. The summed E-state index contributed by atoms with van der Waals surface area (Å²) in [6, 6.07) is 0.997. The summed E-state index contributed by atoms with van der Waals surface area (Å²) in [6.45, 7) is 7.24. The maximum Gasteiger partial charge on any atom is 0.239 e. The van der Waals surface area contributed by atoms with Gasteiger partial charge in [-0.05, 0) is 33.6 Å². The molecule has 0 bridgehead atoms. The predicted molar refractivity (Wildman–Crippen MR) is 82.9 cm³/mol. The van der Waals surface area contributed by atoms with Gasteiger partial charge in [0.1, 0.15) is 0 Å². The van der Waals surface area contributed by atoms with E-state index in [1.54, 1.807) is 11.3 Å².